The molecular formula is C14H24N2O. The van der Waals surface area contributed by atoms with E-state index in [0.717, 1.165) is 19.6 Å². The highest BCUT2D eigenvalue weighted by atomic mass is 16.5. The van der Waals surface area contributed by atoms with Crippen molar-refractivity contribution in [1.29, 1.82) is 0 Å². The Labute approximate surface area is 105 Å². The molecule has 96 valence electrons. The molecule has 1 aromatic rings. The highest BCUT2D eigenvalue weighted by molar-refractivity contribution is 5.20. The van der Waals surface area contributed by atoms with Crippen LogP contribution < -0.4 is 5.73 Å². The second-order valence-corrected chi connectivity index (χ2v) is 4.39. The van der Waals surface area contributed by atoms with E-state index < -0.39 is 0 Å². The predicted molar refractivity (Wildman–Crippen MR) is 72.0 cm³/mol. The maximum atomic E-state index is 6.34. The largest absolute Gasteiger partial charge is 0.383 e. The van der Waals surface area contributed by atoms with Crippen molar-refractivity contribution < 1.29 is 4.74 Å². The van der Waals surface area contributed by atoms with Crippen LogP contribution in [0.5, 0.6) is 0 Å². The summed E-state index contributed by atoms with van der Waals surface area (Å²) in [5.41, 5.74) is 7.54. The Balaban J connectivity index is 2.66. The van der Waals surface area contributed by atoms with E-state index in [-0.39, 0.29) is 6.04 Å². The number of hydrogen-bond acceptors (Lipinski definition) is 3. The third-order valence-electron chi connectivity index (χ3n) is 3.23. The van der Waals surface area contributed by atoms with Gasteiger partial charge in [-0.05, 0) is 19.0 Å². The van der Waals surface area contributed by atoms with Gasteiger partial charge in [-0.3, -0.25) is 4.90 Å². The van der Waals surface area contributed by atoms with Crippen LogP contribution in [0.1, 0.15) is 24.9 Å². The minimum absolute atomic E-state index is 0.0584. The van der Waals surface area contributed by atoms with Crippen molar-refractivity contribution in [2.75, 3.05) is 27.3 Å². The average molecular weight is 236 g/mol. The molecule has 0 aliphatic carbocycles. The predicted octanol–water partition coefficient (Wildman–Crippen LogP) is 2.04. The monoisotopic (exact) mass is 236 g/mol. The molecule has 0 saturated heterocycles. The lowest BCUT2D eigenvalue weighted by Crippen LogP contribution is -2.41. The highest BCUT2D eigenvalue weighted by Crippen LogP contribution is 2.19. The SMILES string of the molecule is CCC(C(N)c1ccccc1)N(C)CCOC. The lowest BCUT2D eigenvalue weighted by molar-refractivity contribution is 0.127. The summed E-state index contributed by atoms with van der Waals surface area (Å²) in [5.74, 6) is 0. The van der Waals surface area contributed by atoms with Crippen molar-refractivity contribution in [1.82, 2.24) is 4.90 Å². The van der Waals surface area contributed by atoms with E-state index in [4.69, 9.17) is 10.5 Å². The van der Waals surface area contributed by atoms with Crippen LogP contribution in [0, 0.1) is 0 Å². The smallest absolute Gasteiger partial charge is 0.0589 e. The number of nitrogens with two attached hydrogens (primary N) is 1. The molecule has 0 aliphatic heterocycles. The Kier molecular flexibility index (Phi) is 6.19. The minimum Gasteiger partial charge on any atom is -0.383 e. The summed E-state index contributed by atoms with van der Waals surface area (Å²) in [7, 11) is 3.84. The van der Waals surface area contributed by atoms with Crippen LogP contribution in [0.3, 0.4) is 0 Å². The third kappa shape index (κ3) is 4.11. The molecular weight excluding hydrogens is 212 g/mol. The molecule has 2 N–H and O–H groups in total. The summed E-state index contributed by atoms with van der Waals surface area (Å²) in [5, 5.41) is 0. The first kappa shape index (κ1) is 14.2. The van der Waals surface area contributed by atoms with Crippen LogP contribution in [0.2, 0.25) is 0 Å². The first-order valence-corrected chi connectivity index (χ1v) is 6.20. The van der Waals surface area contributed by atoms with E-state index in [9.17, 15) is 0 Å². The normalized spacial score (nSPS) is 14.9. The molecule has 2 atom stereocenters. The number of rotatable bonds is 7. The van der Waals surface area contributed by atoms with Gasteiger partial charge >= 0.3 is 0 Å². The summed E-state index contributed by atoms with van der Waals surface area (Å²) in [6.07, 6.45) is 1.04. The van der Waals surface area contributed by atoms with Crippen LogP contribution in [-0.4, -0.2) is 38.3 Å². The van der Waals surface area contributed by atoms with Gasteiger partial charge in [-0.25, -0.2) is 0 Å². The summed E-state index contributed by atoms with van der Waals surface area (Å²) < 4.78 is 5.11. The number of hydrogen-bond donors (Lipinski definition) is 1. The maximum Gasteiger partial charge on any atom is 0.0589 e. The van der Waals surface area contributed by atoms with Crippen molar-refractivity contribution >= 4 is 0 Å². The molecule has 0 heterocycles. The van der Waals surface area contributed by atoms with Crippen LogP contribution in [0.25, 0.3) is 0 Å². The molecule has 2 unspecified atom stereocenters. The van der Waals surface area contributed by atoms with E-state index in [1.807, 2.05) is 18.2 Å². The van der Waals surface area contributed by atoms with E-state index in [1.54, 1.807) is 7.11 Å². The standard InChI is InChI=1S/C14H24N2O/c1-4-13(16(2)10-11-17-3)14(15)12-8-6-5-7-9-12/h5-9,13-14H,4,10-11,15H2,1-3H3. The van der Waals surface area contributed by atoms with Crippen molar-refractivity contribution in [3.63, 3.8) is 0 Å². The van der Waals surface area contributed by atoms with E-state index >= 15 is 0 Å². The first-order chi connectivity index (χ1) is 8.20. The molecule has 0 fully saturated rings. The number of nitrogens with zero attached hydrogens (tertiary/aromatic N) is 1. The second kappa shape index (κ2) is 7.43. The molecule has 0 amide bonds. The third-order valence-corrected chi connectivity index (χ3v) is 3.23. The Morgan fingerprint density at radius 1 is 1.29 bits per heavy atom. The molecule has 1 rings (SSSR count). The van der Waals surface area contributed by atoms with Gasteiger partial charge in [0.15, 0.2) is 0 Å². The highest BCUT2D eigenvalue weighted by Gasteiger charge is 2.21. The number of methoxy groups -OCH3 is 1. The summed E-state index contributed by atoms with van der Waals surface area (Å²) in [6.45, 7) is 3.83. The minimum atomic E-state index is 0.0584. The molecule has 1 aromatic carbocycles. The van der Waals surface area contributed by atoms with Gasteiger partial charge in [-0.2, -0.15) is 0 Å². The zero-order valence-electron chi connectivity index (χ0n) is 11.1. The van der Waals surface area contributed by atoms with Crippen molar-refractivity contribution in [2.24, 2.45) is 5.73 Å². The van der Waals surface area contributed by atoms with E-state index in [1.165, 1.54) is 5.56 Å². The van der Waals surface area contributed by atoms with Crippen molar-refractivity contribution in [3.8, 4) is 0 Å². The molecule has 17 heavy (non-hydrogen) atoms. The Bertz CT molecular complexity index is 302. The Hall–Kier alpha value is -0.900. The van der Waals surface area contributed by atoms with E-state index in [0.29, 0.717) is 6.04 Å². The van der Waals surface area contributed by atoms with Crippen LogP contribution in [0.15, 0.2) is 30.3 Å². The summed E-state index contributed by atoms with van der Waals surface area (Å²) >= 11 is 0. The average Bonchev–Trinajstić information content (AvgIpc) is 2.38. The lowest BCUT2D eigenvalue weighted by atomic mass is 9.97. The van der Waals surface area contributed by atoms with Gasteiger partial charge in [-0.15, -0.1) is 0 Å². The van der Waals surface area contributed by atoms with E-state index in [2.05, 4.69) is 31.0 Å². The van der Waals surface area contributed by atoms with Crippen LogP contribution in [-0.2, 0) is 4.74 Å². The van der Waals surface area contributed by atoms with Gasteiger partial charge in [-0.1, -0.05) is 37.3 Å². The Morgan fingerprint density at radius 2 is 1.94 bits per heavy atom. The summed E-state index contributed by atoms with van der Waals surface area (Å²) in [6, 6.07) is 10.7. The topological polar surface area (TPSA) is 38.5 Å². The van der Waals surface area contributed by atoms with Crippen molar-refractivity contribution in [2.45, 2.75) is 25.4 Å². The van der Waals surface area contributed by atoms with Gasteiger partial charge < -0.3 is 10.5 Å². The fourth-order valence-corrected chi connectivity index (χ4v) is 2.14. The number of ether oxygens (including phenoxy) is 1. The molecule has 3 nitrogen and oxygen atoms in total. The molecule has 0 saturated carbocycles. The fraction of sp³-hybridized carbons (Fsp3) is 0.571. The van der Waals surface area contributed by atoms with Crippen LogP contribution >= 0.6 is 0 Å². The van der Waals surface area contributed by atoms with Gasteiger partial charge in [0.25, 0.3) is 0 Å². The first-order valence-electron chi connectivity index (χ1n) is 6.20. The Morgan fingerprint density at radius 3 is 2.47 bits per heavy atom. The zero-order valence-corrected chi connectivity index (χ0v) is 11.1. The van der Waals surface area contributed by atoms with Crippen molar-refractivity contribution in [3.05, 3.63) is 35.9 Å². The summed E-state index contributed by atoms with van der Waals surface area (Å²) in [4.78, 5) is 2.28. The maximum absolute atomic E-state index is 6.34. The molecule has 0 aromatic heterocycles. The van der Waals surface area contributed by atoms with Gasteiger partial charge in [0.05, 0.1) is 6.61 Å². The number of benzene rings is 1. The second-order valence-electron chi connectivity index (χ2n) is 4.39. The van der Waals surface area contributed by atoms with Crippen LogP contribution in [0.4, 0.5) is 0 Å². The molecule has 0 bridgehead atoms. The van der Waals surface area contributed by atoms with Gasteiger partial charge in [0.2, 0.25) is 0 Å². The molecule has 0 spiro atoms. The molecule has 0 aliphatic rings. The molecule has 0 radical (unpaired) electrons. The number of likely N-dealkylation sites (N-methyl/N-ethyl adjacent to an activating group) is 1. The quantitative estimate of drug-likeness (QED) is 0.787. The molecule has 3 heteroatoms. The zero-order chi connectivity index (χ0) is 12.7. The lowest BCUT2D eigenvalue weighted by Gasteiger charge is -2.32. The fourth-order valence-electron chi connectivity index (χ4n) is 2.14. The van der Waals surface area contributed by atoms with Gasteiger partial charge in [0, 0.05) is 25.7 Å². The van der Waals surface area contributed by atoms with Gasteiger partial charge in [0.1, 0.15) is 0 Å².